The molecule has 0 saturated carbocycles. The third-order valence-corrected chi connectivity index (χ3v) is 5.94. The molecule has 0 aromatic rings. The van der Waals surface area contributed by atoms with E-state index in [1.54, 1.807) is 0 Å². The fourth-order valence-corrected chi connectivity index (χ4v) is 5.87. The van der Waals surface area contributed by atoms with Crippen molar-refractivity contribution in [3.63, 3.8) is 0 Å². The summed E-state index contributed by atoms with van der Waals surface area (Å²) >= 11 is 0. The molecule has 0 rings (SSSR count). The van der Waals surface area contributed by atoms with E-state index in [0.717, 1.165) is 0 Å². The Labute approximate surface area is 75.9 Å². The maximum absolute atomic E-state index is 9.43. The summed E-state index contributed by atoms with van der Waals surface area (Å²) in [6.45, 7) is 6.28. The lowest BCUT2D eigenvalue weighted by molar-refractivity contribution is 0.235. The third-order valence-electron chi connectivity index (χ3n) is 1.18. The lowest BCUT2D eigenvalue weighted by Gasteiger charge is -2.26. The van der Waals surface area contributed by atoms with Gasteiger partial charge in [0.2, 0.25) is 0 Å². The molecule has 0 aromatic carbocycles. The molecule has 0 aliphatic rings. The lowest BCUT2D eigenvalue weighted by atomic mass is 10.5. The molecule has 0 bridgehead atoms. The van der Waals surface area contributed by atoms with Crippen molar-refractivity contribution in [3.8, 4) is 0 Å². The Morgan fingerprint density at radius 2 is 1.75 bits per heavy atom. The van der Waals surface area contributed by atoms with Gasteiger partial charge in [0.25, 0.3) is 0 Å². The molecule has 0 unspecified atom stereocenters. The summed E-state index contributed by atoms with van der Waals surface area (Å²) in [6.07, 6.45) is 0.615. The van der Waals surface area contributed by atoms with Gasteiger partial charge in [-0.2, -0.15) is 0 Å². The Morgan fingerprint density at radius 1 is 1.25 bits per heavy atom. The van der Waals surface area contributed by atoms with Crippen LogP contribution >= 0.6 is 0 Å². The quantitative estimate of drug-likeness (QED) is 0.562. The predicted octanol–water partition coefficient (Wildman–Crippen LogP) is 0.110. The van der Waals surface area contributed by atoms with Crippen LogP contribution in [0.1, 0.15) is 6.42 Å². The Morgan fingerprint density at radius 3 is 2.08 bits per heavy atom. The normalized spacial score (nSPS) is 13.5. The van der Waals surface area contributed by atoms with Crippen LogP contribution in [0.4, 0.5) is 0 Å². The van der Waals surface area contributed by atoms with Gasteiger partial charge in [0, 0.05) is 6.04 Å². The number of hydrogen-bond donors (Lipinski definition) is 3. The van der Waals surface area contributed by atoms with Crippen LogP contribution in [0.5, 0.6) is 0 Å². The highest BCUT2D eigenvalue weighted by molar-refractivity contribution is 6.79. The molecular formula is C6H19NO3Si2. The Hall–Kier alpha value is 0.274. The zero-order valence-corrected chi connectivity index (χ0v) is 10.0. The Bertz CT molecular complexity index is 135. The van der Waals surface area contributed by atoms with Crippen LogP contribution in [0.2, 0.25) is 25.7 Å². The van der Waals surface area contributed by atoms with E-state index in [1.807, 2.05) is 19.6 Å². The minimum atomic E-state index is -3.38. The summed E-state index contributed by atoms with van der Waals surface area (Å²) in [5, 5.41) is 0. The average Bonchev–Trinajstić information content (AvgIpc) is 1.78. The molecule has 6 heteroatoms. The highest BCUT2D eigenvalue weighted by atomic mass is 28.5. The van der Waals surface area contributed by atoms with Gasteiger partial charge in [-0.3, -0.25) is 0 Å². The van der Waals surface area contributed by atoms with Crippen LogP contribution in [-0.2, 0) is 4.12 Å². The first-order valence-electron chi connectivity index (χ1n) is 4.12. The molecule has 0 heterocycles. The fourth-order valence-electron chi connectivity index (χ4n) is 0.874. The fraction of sp³-hybridized carbons (Fsp3) is 1.00. The van der Waals surface area contributed by atoms with Crippen molar-refractivity contribution in [2.45, 2.75) is 32.1 Å². The van der Waals surface area contributed by atoms with Crippen molar-refractivity contribution in [3.05, 3.63) is 0 Å². The summed E-state index contributed by atoms with van der Waals surface area (Å²) in [7, 11) is -5.20. The lowest BCUT2D eigenvalue weighted by Crippen LogP contribution is -2.47. The molecule has 12 heavy (non-hydrogen) atoms. The largest absolute Gasteiger partial charge is 0.485 e. The van der Waals surface area contributed by atoms with Gasteiger partial charge in [-0.25, -0.2) is 0 Å². The second kappa shape index (κ2) is 4.49. The smallest absolute Gasteiger partial charge is 0.416 e. The van der Waals surface area contributed by atoms with Gasteiger partial charge < -0.3 is 19.4 Å². The summed E-state index contributed by atoms with van der Waals surface area (Å²) in [6, 6.07) is 0.313. The van der Waals surface area contributed by atoms with E-state index < -0.39 is 17.1 Å². The topological polar surface area (TPSA) is 75.7 Å². The van der Waals surface area contributed by atoms with Crippen molar-refractivity contribution >= 4 is 17.1 Å². The van der Waals surface area contributed by atoms with Crippen LogP contribution in [0, 0.1) is 0 Å². The van der Waals surface area contributed by atoms with Crippen LogP contribution in [0.15, 0.2) is 0 Å². The molecule has 0 spiro atoms. The first kappa shape index (κ1) is 12.3. The molecule has 0 aromatic heterocycles. The maximum atomic E-state index is 9.43. The molecule has 4 nitrogen and oxygen atoms in total. The van der Waals surface area contributed by atoms with E-state index in [0.29, 0.717) is 19.0 Å². The molecule has 0 fully saturated rings. The van der Waals surface area contributed by atoms with E-state index in [2.05, 4.69) is 0 Å². The van der Waals surface area contributed by atoms with Gasteiger partial charge >= 0.3 is 8.80 Å². The zero-order valence-electron chi connectivity index (χ0n) is 8.00. The molecule has 0 atom stereocenters. The van der Waals surface area contributed by atoms with E-state index in [9.17, 15) is 9.59 Å². The van der Waals surface area contributed by atoms with Crippen molar-refractivity contribution in [1.29, 1.82) is 0 Å². The van der Waals surface area contributed by atoms with E-state index >= 15 is 0 Å². The minimum absolute atomic E-state index is 0.313. The average molecular weight is 209 g/mol. The van der Waals surface area contributed by atoms with Crippen molar-refractivity contribution in [2.24, 2.45) is 5.73 Å². The number of hydrogen-bond acceptors (Lipinski definition) is 4. The summed E-state index contributed by atoms with van der Waals surface area (Å²) in [4.78, 5) is 18.9. The van der Waals surface area contributed by atoms with Crippen LogP contribution in [-0.4, -0.2) is 33.3 Å². The molecule has 0 radical (unpaired) electrons. The summed E-state index contributed by atoms with van der Waals surface area (Å²) < 4.78 is 5.26. The van der Waals surface area contributed by atoms with Crippen LogP contribution < -0.4 is 5.73 Å². The van der Waals surface area contributed by atoms with Crippen molar-refractivity contribution < 1.29 is 13.7 Å². The first-order chi connectivity index (χ1) is 5.27. The first-order valence-corrected chi connectivity index (χ1v) is 9.54. The van der Waals surface area contributed by atoms with Gasteiger partial charge in [0.05, 0.1) is 0 Å². The van der Waals surface area contributed by atoms with E-state index in [-0.39, 0.29) is 0 Å². The minimum Gasteiger partial charge on any atom is -0.416 e. The second-order valence-corrected chi connectivity index (χ2v) is 10.9. The molecule has 0 amide bonds. The SMILES string of the molecule is C[Si](C)(C)O[Si](O)(O)CCCN. The molecule has 4 N–H and O–H groups in total. The van der Waals surface area contributed by atoms with Gasteiger partial charge in [0.15, 0.2) is 8.32 Å². The molecular weight excluding hydrogens is 190 g/mol. The highest BCUT2D eigenvalue weighted by Gasteiger charge is 2.36. The second-order valence-electron chi connectivity index (χ2n) is 3.85. The summed E-state index contributed by atoms with van der Waals surface area (Å²) in [5.41, 5.74) is 5.26. The van der Waals surface area contributed by atoms with Crippen LogP contribution in [0.3, 0.4) is 0 Å². The van der Waals surface area contributed by atoms with Crippen molar-refractivity contribution in [1.82, 2.24) is 0 Å². The van der Waals surface area contributed by atoms with Crippen molar-refractivity contribution in [2.75, 3.05) is 6.54 Å². The zero-order chi connectivity index (χ0) is 9.83. The van der Waals surface area contributed by atoms with E-state index in [4.69, 9.17) is 9.85 Å². The molecule has 0 saturated heterocycles. The molecule has 0 aliphatic heterocycles. The Balaban J connectivity index is 3.86. The van der Waals surface area contributed by atoms with Crippen LogP contribution in [0.25, 0.3) is 0 Å². The van der Waals surface area contributed by atoms with E-state index in [1.165, 1.54) is 0 Å². The monoisotopic (exact) mass is 209 g/mol. The van der Waals surface area contributed by atoms with Gasteiger partial charge in [-0.05, 0) is 32.6 Å². The number of rotatable bonds is 5. The molecule has 74 valence electrons. The third kappa shape index (κ3) is 6.95. The van der Waals surface area contributed by atoms with Gasteiger partial charge in [0.1, 0.15) is 0 Å². The molecule has 0 aliphatic carbocycles. The highest BCUT2D eigenvalue weighted by Crippen LogP contribution is 2.14. The van der Waals surface area contributed by atoms with Gasteiger partial charge in [-0.15, -0.1) is 0 Å². The predicted molar refractivity (Wildman–Crippen MR) is 53.1 cm³/mol. The number of nitrogens with two attached hydrogens (primary N) is 1. The summed E-state index contributed by atoms with van der Waals surface area (Å²) in [5.74, 6) is 0. The maximum Gasteiger partial charge on any atom is 0.485 e. The standard InChI is InChI=1S/C6H19NO3Si2/c1-11(2,3)10-12(8,9)6-4-5-7/h8-9H,4-7H2,1-3H3. The van der Waals surface area contributed by atoms with Gasteiger partial charge in [-0.1, -0.05) is 0 Å². The Kier molecular flexibility index (Phi) is 4.60.